The highest BCUT2D eigenvalue weighted by molar-refractivity contribution is 8.22. The molecule has 0 bridgehead atoms. The van der Waals surface area contributed by atoms with Gasteiger partial charge in [-0.3, -0.25) is 4.79 Å². The van der Waals surface area contributed by atoms with Crippen LogP contribution in [0.15, 0.2) is 105 Å². The number of carbonyl (C=O) groups is 1. The molecule has 0 aromatic heterocycles. The van der Waals surface area contributed by atoms with Crippen LogP contribution in [0.5, 0.6) is 5.75 Å². The van der Waals surface area contributed by atoms with Gasteiger partial charge in [0.1, 0.15) is 11.9 Å². The summed E-state index contributed by atoms with van der Waals surface area (Å²) in [5.41, 5.74) is 0.912. The van der Waals surface area contributed by atoms with Crippen molar-refractivity contribution in [2.45, 2.75) is 29.2 Å². The molecule has 0 fully saturated rings. The monoisotopic (exact) mass is 436 g/mol. The van der Waals surface area contributed by atoms with E-state index in [-0.39, 0.29) is 12.1 Å². The summed E-state index contributed by atoms with van der Waals surface area (Å²) in [5, 5.41) is 0. The first kappa shape index (κ1) is 22.1. The van der Waals surface area contributed by atoms with Crippen LogP contribution in [-0.2, 0) is 9.53 Å². The first-order chi connectivity index (χ1) is 14.6. The maximum Gasteiger partial charge on any atom is 0.303 e. The molecule has 0 aliphatic heterocycles. The van der Waals surface area contributed by atoms with Crippen LogP contribution in [0.4, 0.5) is 0 Å². The summed E-state index contributed by atoms with van der Waals surface area (Å²) in [4.78, 5) is 14.1. The molecule has 0 heterocycles. The molecule has 1 unspecified atom stereocenters. The molecule has 3 nitrogen and oxygen atoms in total. The van der Waals surface area contributed by atoms with E-state index in [2.05, 4.69) is 30.3 Å². The van der Waals surface area contributed by atoms with Crippen molar-refractivity contribution in [3.8, 4) is 5.75 Å². The Bertz CT molecular complexity index is 928. The maximum absolute atomic E-state index is 11.7. The first-order valence-electron chi connectivity index (χ1n) is 9.61. The zero-order valence-electron chi connectivity index (χ0n) is 17.0. The highest BCUT2D eigenvalue weighted by atomic mass is 32.2. The molecule has 0 amide bonds. The Balaban J connectivity index is 1.85. The minimum absolute atomic E-state index is 0.302. The number of hydrogen-bond donors (Lipinski definition) is 0. The van der Waals surface area contributed by atoms with Crippen molar-refractivity contribution in [1.82, 2.24) is 0 Å². The van der Waals surface area contributed by atoms with Gasteiger partial charge in [-0.15, -0.1) is 0 Å². The van der Waals surface area contributed by atoms with Crippen LogP contribution in [0.3, 0.4) is 0 Å². The van der Waals surface area contributed by atoms with E-state index in [0.29, 0.717) is 6.42 Å². The molecule has 154 valence electrons. The zero-order valence-corrected chi connectivity index (χ0v) is 18.6. The highest BCUT2D eigenvalue weighted by Gasteiger charge is 2.15. The molecule has 5 heteroatoms. The Morgan fingerprint density at radius 1 is 0.900 bits per heavy atom. The lowest BCUT2D eigenvalue weighted by Gasteiger charge is -2.17. The van der Waals surface area contributed by atoms with Gasteiger partial charge in [-0.1, -0.05) is 78.1 Å². The van der Waals surface area contributed by atoms with Gasteiger partial charge >= 0.3 is 5.97 Å². The number of esters is 1. The largest absolute Gasteiger partial charge is 0.497 e. The molecule has 0 saturated carbocycles. The van der Waals surface area contributed by atoms with E-state index in [1.165, 1.54) is 6.92 Å². The van der Waals surface area contributed by atoms with E-state index in [1.54, 1.807) is 30.6 Å². The Hall–Kier alpha value is -2.63. The molecule has 0 N–H and O–H groups in total. The van der Waals surface area contributed by atoms with Crippen LogP contribution in [0.2, 0.25) is 0 Å². The fourth-order valence-corrected chi connectivity index (χ4v) is 4.97. The van der Waals surface area contributed by atoms with Crippen molar-refractivity contribution < 1.29 is 14.3 Å². The number of ether oxygens (including phenoxy) is 2. The average molecular weight is 437 g/mol. The van der Waals surface area contributed by atoms with Gasteiger partial charge in [0, 0.05) is 27.4 Å². The molecule has 0 spiro atoms. The van der Waals surface area contributed by atoms with Gasteiger partial charge in [0.15, 0.2) is 0 Å². The molecule has 1 atom stereocenters. The molecule has 0 aliphatic rings. The van der Waals surface area contributed by atoms with Crippen LogP contribution in [0.1, 0.15) is 25.0 Å². The summed E-state index contributed by atoms with van der Waals surface area (Å²) in [6, 6.07) is 28.2. The van der Waals surface area contributed by atoms with Crippen LogP contribution in [0.25, 0.3) is 0 Å². The van der Waals surface area contributed by atoms with Crippen LogP contribution < -0.4 is 4.74 Å². The summed E-state index contributed by atoms with van der Waals surface area (Å²) < 4.78 is 12.1. The third-order valence-electron chi connectivity index (χ3n) is 4.20. The predicted molar refractivity (Wildman–Crippen MR) is 125 cm³/mol. The summed E-state index contributed by atoms with van der Waals surface area (Å²) in [6.07, 6.45) is 2.34. The Morgan fingerprint density at radius 2 is 1.50 bits per heavy atom. The van der Waals surface area contributed by atoms with E-state index < -0.39 is 0 Å². The van der Waals surface area contributed by atoms with E-state index >= 15 is 0 Å². The summed E-state index contributed by atoms with van der Waals surface area (Å²) in [6.45, 7) is 1.44. The fourth-order valence-electron chi connectivity index (χ4n) is 2.81. The Labute approximate surface area is 186 Å². The van der Waals surface area contributed by atoms with Crippen molar-refractivity contribution in [3.63, 3.8) is 0 Å². The van der Waals surface area contributed by atoms with Crippen molar-refractivity contribution in [3.05, 3.63) is 101 Å². The van der Waals surface area contributed by atoms with Crippen molar-refractivity contribution >= 4 is 29.5 Å². The smallest absolute Gasteiger partial charge is 0.303 e. The molecular weight excluding hydrogens is 412 g/mol. The molecular formula is C25H24O3S2. The summed E-state index contributed by atoms with van der Waals surface area (Å²) in [5.74, 6) is 0.440. The highest BCUT2D eigenvalue weighted by Crippen LogP contribution is 2.40. The molecule has 30 heavy (non-hydrogen) atoms. The SMILES string of the molecule is COc1cccc(C(CC=C(Sc2ccccc2)Sc2ccccc2)OC(C)=O)c1. The quantitative estimate of drug-likeness (QED) is 0.264. The topological polar surface area (TPSA) is 35.5 Å². The van der Waals surface area contributed by atoms with E-state index in [4.69, 9.17) is 9.47 Å². The van der Waals surface area contributed by atoms with Gasteiger partial charge < -0.3 is 9.47 Å². The molecule has 3 aromatic carbocycles. The van der Waals surface area contributed by atoms with Crippen molar-refractivity contribution in [2.24, 2.45) is 0 Å². The van der Waals surface area contributed by atoms with Gasteiger partial charge in [0.05, 0.1) is 7.11 Å². The third-order valence-corrected chi connectivity index (χ3v) is 6.45. The number of thioether (sulfide) groups is 2. The van der Waals surface area contributed by atoms with Crippen molar-refractivity contribution in [1.29, 1.82) is 0 Å². The lowest BCUT2D eigenvalue weighted by molar-refractivity contribution is -0.146. The van der Waals surface area contributed by atoms with Crippen LogP contribution >= 0.6 is 23.5 Å². The maximum atomic E-state index is 11.7. The minimum Gasteiger partial charge on any atom is -0.497 e. The number of carbonyl (C=O) groups excluding carboxylic acids is 1. The summed E-state index contributed by atoms with van der Waals surface area (Å²) >= 11 is 3.41. The van der Waals surface area contributed by atoms with Crippen LogP contribution in [-0.4, -0.2) is 13.1 Å². The average Bonchev–Trinajstić information content (AvgIpc) is 2.77. The lowest BCUT2D eigenvalue weighted by atomic mass is 10.1. The lowest BCUT2D eigenvalue weighted by Crippen LogP contribution is -2.08. The van der Waals surface area contributed by atoms with Crippen LogP contribution in [0, 0.1) is 0 Å². The second-order valence-corrected chi connectivity index (χ2v) is 8.95. The number of methoxy groups -OCH3 is 1. The predicted octanol–water partition coefficient (Wildman–Crippen LogP) is 7.12. The molecule has 0 radical (unpaired) electrons. The minimum atomic E-state index is -0.375. The summed E-state index contributed by atoms with van der Waals surface area (Å²) in [7, 11) is 1.63. The molecule has 0 saturated heterocycles. The number of benzene rings is 3. The molecule has 3 rings (SSSR count). The van der Waals surface area contributed by atoms with Crippen molar-refractivity contribution in [2.75, 3.05) is 7.11 Å². The van der Waals surface area contributed by atoms with Gasteiger partial charge in [0.25, 0.3) is 0 Å². The Morgan fingerprint density at radius 3 is 2.03 bits per heavy atom. The standard InChI is InChI=1S/C25H24O3S2/c1-19(26)28-24(20-10-9-11-21(18-20)27-2)16-17-25(29-22-12-5-3-6-13-22)30-23-14-7-4-8-15-23/h3-15,17-18,24H,16H2,1-2H3. The van der Waals surface area contributed by atoms with Gasteiger partial charge in [-0.2, -0.15) is 0 Å². The van der Waals surface area contributed by atoms with Gasteiger partial charge in [-0.25, -0.2) is 0 Å². The van der Waals surface area contributed by atoms with Gasteiger partial charge in [0.2, 0.25) is 0 Å². The number of rotatable bonds is 9. The number of hydrogen-bond acceptors (Lipinski definition) is 5. The first-order valence-corrected chi connectivity index (χ1v) is 11.2. The third kappa shape index (κ3) is 7.01. The molecule has 3 aromatic rings. The Kier molecular flexibility index (Phi) is 8.48. The molecule has 0 aliphatic carbocycles. The van der Waals surface area contributed by atoms with Gasteiger partial charge in [-0.05, 0) is 42.0 Å². The normalized spacial score (nSPS) is 11.4. The second-order valence-electron chi connectivity index (χ2n) is 6.46. The van der Waals surface area contributed by atoms with E-state index in [0.717, 1.165) is 25.3 Å². The van der Waals surface area contributed by atoms with E-state index in [9.17, 15) is 4.79 Å². The van der Waals surface area contributed by atoms with E-state index in [1.807, 2.05) is 60.7 Å². The second kappa shape index (κ2) is 11.5. The fraction of sp³-hybridized carbons (Fsp3) is 0.160. The zero-order chi connectivity index (χ0) is 21.2.